The van der Waals surface area contributed by atoms with E-state index in [1.807, 2.05) is 0 Å². The Morgan fingerprint density at radius 2 is 1.80 bits per heavy atom. The van der Waals surface area contributed by atoms with Crippen molar-refractivity contribution in [2.24, 2.45) is 0 Å². The first-order chi connectivity index (χ1) is 16.6. The van der Waals surface area contributed by atoms with Crippen molar-refractivity contribution in [2.45, 2.75) is 6.36 Å². The van der Waals surface area contributed by atoms with Crippen LogP contribution in [0.2, 0.25) is 0 Å². The second-order valence-corrected chi connectivity index (χ2v) is 7.40. The van der Waals surface area contributed by atoms with E-state index in [0.717, 1.165) is 16.4 Å². The number of methoxy groups -OCH3 is 2. The number of nitrogens with zero attached hydrogens (tertiary/aromatic N) is 2. The van der Waals surface area contributed by atoms with Crippen molar-refractivity contribution in [3.05, 3.63) is 77.5 Å². The molecule has 35 heavy (non-hydrogen) atoms. The van der Waals surface area contributed by atoms with Gasteiger partial charge in [0.2, 0.25) is 0 Å². The second-order valence-electron chi connectivity index (χ2n) is 6.60. The predicted octanol–water partition coefficient (Wildman–Crippen LogP) is 4.11. The van der Waals surface area contributed by atoms with Gasteiger partial charge in [-0.15, -0.1) is 13.2 Å². The van der Waals surface area contributed by atoms with E-state index in [4.69, 9.17) is 4.74 Å². The lowest BCUT2D eigenvalue weighted by Gasteiger charge is -2.27. The summed E-state index contributed by atoms with van der Waals surface area (Å²) in [5.41, 5.74) is 0.589. The lowest BCUT2D eigenvalue weighted by molar-refractivity contribution is -0.274. The standard InChI is InChI=1S/C23H17F3N2O6S/c1-32-20-14-16(22(29)33-2)10-12-19(20)28(35(30)31)21-8-4-6-17(27-21)11-9-15-5-3-7-18(13-15)34-23(24,25)26/h3-8,10,12-14H,1-2H3,(H,30,31)/p-1. The van der Waals surface area contributed by atoms with Crippen molar-refractivity contribution < 1.29 is 40.9 Å². The Hall–Kier alpha value is -4.08. The van der Waals surface area contributed by atoms with Crippen LogP contribution >= 0.6 is 0 Å². The van der Waals surface area contributed by atoms with Gasteiger partial charge in [0.15, 0.2) is 0 Å². The van der Waals surface area contributed by atoms with Crippen LogP contribution in [0.4, 0.5) is 24.7 Å². The van der Waals surface area contributed by atoms with Crippen molar-refractivity contribution in [1.82, 2.24) is 4.98 Å². The molecule has 3 rings (SSSR count). The molecule has 0 saturated heterocycles. The smallest absolute Gasteiger partial charge is 0.573 e. The summed E-state index contributed by atoms with van der Waals surface area (Å²) in [4.78, 5) is 16.0. The van der Waals surface area contributed by atoms with Gasteiger partial charge in [0.1, 0.15) is 23.0 Å². The summed E-state index contributed by atoms with van der Waals surface area (Å²) in [7, 11) is 2.51. The molecule has 1 unspecified atom stereocenters. The van der Waals surface area contributed by atoms with Gasteiger partial charge in [-0.2, -0.15) is 0 Å². The molecule has 0 bridgehead atoms. The van der Waals surface area contributed by atoms with Gasteiger partial charge in [-0.05, 0) is 54.5 Å². The number of aromatic nitrogens is 1. The lowest BCUT2D eigenvalue weighted by Crippen LogP contribution is -2.21. The van der Waals surface area contributed by atoms with Gasteiger partial charge in [-0.25, -0.2) is 9.78 Å². The molecule has 182 valence electrons. The number of hydrogen-bond acceptors (Lipinski definition) is 7. The highest BCUT2D eigenvalue weighted by Gasteiger charge is 2.31. The topological polar surface area (TPSA) is 101 Å². The van der Waals surface area contributed by atoms with Crippen molar-refractivity contribution in [3.8, 4) is 23.3 Å². The van der Waals surface area contributed by atoms with E-state index in [9.17, 15) is 26.7 Å². The molecule has 1 atom stereocenters. The fraction of sp³-hybridized carbons (Fsp3) is 0.130. The van der Waals surface area contributed by atoms with Gasteiger partial charge >= 0.3 is 12.3 Å². The van der Waals surface area contributed by atoms with Crippen LogP contribution in [0.3, 0.4) is 0 Å². The molecule has 1 aromatic heterocycles. The Morgan fingerprint density at radius 3 is 2.46 bits per heavy atom. The van der Waals surface area contributed by atoms with Crippen LogP contribution in [0.5, 0.6) is 11.5 Å². The molecule has 0 spiro atoms. The number of carbonyl (C=O) groups excluding carboxylic acids is 1. The zero-order chi connectivity index (χ0) is 25.6. The van der Waals surface area contributed by atoms with Crippen molar-refractivity contribution in [3.63, 3.8) is 0 Å². The van der Waals surface area contributed by atoms with Crippen molar-refractivity contribution >= 4 is 28.7 Å². The number of hydrogen-bond donors (Lipinski definition) is 0. The molecular weight excluding hydrogens is 489 g/mol. The van der Waals surface area contributed by atoms with Gasteiger partial charge in [0.05, 0.1) is 36.7 Å². The highest BCUT2D eigenvalue weighted by atomic mass is 32.2. The number of pyridine rings is 1. The summed E-state index contributed by atoms with van der Waals surface area (Å²) < 4.78 is 76.1. The Bertz CT molecular complexity index is 1320. The Morgan fingerprint density at radius 1 is 1.06 bits per heavy atom. The number of esters is 1. The molecule has 0 saturated carbocycles. The Kier molecular flexibility index (Phi) is 7.95. The average molecular weight is 505 g/mol. The van der Waals surface area contributed by atoms with Crippen molar-refractivity contribution in [1.29, 1.82) is 0 Å². The largest absolute Gasteiger partial charge is 0.755 e. The summed E-state index contributed by atoms with van der Waals surface area (Å²) in [6.07, 6.45) is -4.84. The van der Waals surface area contributed by atoms with Crippen LogP contribution < -0.4 is 13.8 Å². The van der Waals surface area contributed by atoms with Gasteiger partial charge in [-0.1, -0.05) is 18.1 Å². The van der Waals surface area contributed by atoms with Crippen LogP contribution in [0.15, 0.2) is 60.7 Å². The molecule has 0 amide bonds. The molecule has 8 nitrogen and oxygen atoms in total. The maximum Gasteiger partial charge on any atom is 0.573 e. The van der Waals surface area contributed by atoms with E-state index in [0.29, 0.717) is 0 Å². The third-order valence-corrected chi connectivity index (χ3v) is 5.00. The quantitative estimate of drug-likeness (QED) is 0.282. The summed E-state index contributed by atoms with van der Waals surface area (Å²) in [6.45, 7) is 0. The van der Waals surface area contributed by atoms with Crippen LogP contribution in [0.25, 0.3) is 0 Å². The molecule has 0 fully saturated rings. The van der Waals surface area contributed by atoms with Gasteiger partial charge in [0.25, 0.3) is 0 Å². The molecule has 12 heteroatoms. The maximum atomic E-state index is 12.4. The van der Waals surface area contributed by atoms with Crippen LogP contribution in [-0.4, -0.2) is 40.3 Å². The van der Waals surface area contributed by atoms with E-state index in [-0.39, 0.29) is 34.1 Å². The van der Waals surface area contributed by atoms with Crippen LogP contribution in [0, 0.1) is 11.8 Å². The van der Waals surface area contributed by atoms with E-state index < -0.39 is 29.3 Å². The summed E-state index contributed by atoms with van der Waals surface area (Å²) in [6, 6.07) is 13.5. The summed E-state index contributed by atoms with van der Waals surface area (Å²) in [5, 5.41) is 0. The molecular formula is C23H16F3N2O6S-. The highest BCUT2D eigenvalue weighted by Crippen LogP contribution is 2.35. The van der Waals surface area contributed by atoms with Gasteiger partial charge < -0.3 is 18.8 Å². The Labute approximate surface area is 200 Å². The lowest BCUT2D eigenvalue weighted by atomic mass is 10.2. The summed E-state index contributed by atoms with van der Waals surface area (Å²) >= 11 is -2.84. The molecule has 0 aliphatic heterocycles. The minimum Gasteiger partial charge on any atom is -0.755 e. The highest BCUT2D eigenvalue weighted by molar-refractivity contribution is 7.81. The van der Waals surface area contributed by atoms with E-state index in [1.165, 1.54) is 62.8 Å². The average Bonchev–Trinajstić information content (AvgIpc) is 2.82. The van der Waals surface area contributed by atoms with Crippen LogP contribution in [0.1, 0.15) is 21.6 Å². The first kappa shape index (κ1) is 25.5. The van der Waals surface area contributed by atoms with Gasteiger partial charge in [-0.3, -0.25) is 8.51 Å². The maximum absolute atomic E-state index is 12.4. The molecule has 0 N–H and O–H groups in total. The molecule has 2 aromatic carbocycles. The van der Waals surface area contributed by atoms with Crippen molar-refractivity contribution in [2.75, 3.05) is 18.5 Å². The third kappa shape index (κ3) is 6.72. The molecule has 3 aromatic rings. The van der Waals surface area contributed by atoms with E-state index in [2.05, 4.69) is 26.3 Å². The number of benzene rings is 2. The fourth-order valence-electron chi connectivity index (χ4n) is 2.88. The number of anilines is 2. The number of carbonyl (C=O) groups is 1. The first-order valence-electron chi connectivity index (χ1n) is 9.62. The molecule has 0 aliphatic rings. The molecule has 0 radical (unpaired) electrons. The summed E-state index contributed by atoms with van der Waals surface area (Å²) in [5.74, 6) is 4.31. The number of halogens is 3. The number of ether oxygens (including phenoxy) is 3. The monoisotopic (exact) mass is 505 g/mol. The zero-order valence-electron chi connectivity index (χ0n) is 18.2. The number of rotatable bonds is 6. The predicted molar refractivity (Wildman–Crippen MR) is 119 cm³/mol. The third-order valence-electron chi connectivity index (χ3n) is 4.31. The minimum atomic E-state index is -4.84. The second kappa shape index (κ2) is 10.9. The normalized spacial score (nSPS) is 11.6. The number of alkyl halides is 3. The fourth-order valence-corrected chi connectivity index (χ4v) is 3.45. The zero-order valence-corrected chi connectivity index (χ0v) is 19.0. The van der Waals surface area contributed by atoms with Gasteiger partial charge in [0, 0.05) is 5.56 Å². The van der Waals surface area contributed by atoms with E-state index in [1.54, 1.807) is 0 Å². The minimum absolute atomic E-state index is 0.0385. The molecule has 0 aliphatic carbocycles. The van der Waals surface area contributed by atoms with E-state index >= 15 is 0 Å². The first-order valence-corrected chi connectivity index (χ1v) is 10.6. The van der Waals surface area contributed by atoms with Crippen LogP contribution in [-0.2, 0) is 16.0 Å². The SMILES string of the molecule is COC(=O)c1ccc(N(c2cccc(C#Cc3cccc(OC(F)(F)F)c3)n2)S(=O)[O-])c(OC)c1. The Balaban J connectivity index is 1.95. The molecule has 1 heterocycles.